The Hall–Kier alpha value is -1.87. The summed E-state index contributed by atoms with van der Waals surface area (Å²) in [4.78, 5) is 4.07. The van der Waals surface area contributed by atoms with Gasteiger partial charge in [0.2, 0.25) is 6.79 Å². The van der Waals surface area contributed by atoms with Crippen LogP contribution in [0.2, 0.25) is 0 Å². The van der Waals surface area contributed by atoms with E-state index in [0.29, 0.717) is 19.0 Å². The minimum absolute atomic E-state index is 0.260. The molecule has 6 heteroatoms. The van der Waals surface area contributed by atoms with E-state index in [1.54, 1.807) is 7.05 Å². The number of guanidine groups is 1. The third kappa shape index (κ3) is 3.32. The molecule has 0 fully saturated rings. The van der Waals surface area contributed by atoms with Crippen molar-refractivity contribution < 1.29 is 9.47 Å². The predicted molar refractivity (Wildman–Crippen MR) is 77.3 cm³/mol. The van der Waals surface area contributed by atoms with Crippen LogP contribution in [0.25, 0.3) is 0 Å². The van der Waals surface area contributed by atoms with Gasteiger partial charge in [0.15, 0.2) is 17.5 Å². The van der Waals surface area contributed by atoms with Gasteiger partial charge in [0.1, 0.15) is 0 Å². The molecule has 0 saturated heterocycles. The summed E-state index contributed by atoms with van der Waals surface area (Å²) in [5.41, 5.74) is 1.06. The van der Waals surface area contributed by atoms with Crippen molar-refractivity contribution in [2.24, 2.45) is 4.99 Å². The zero-order chi connectivity index (χ0) is 13.7. The molecule has 0 amide bonds. The summed E-state index contributed by atoms with van der Waals surface area (Å²) in [7, 11) is 1.70. The highest BCUT2D eigenvalue weighted by Crippen LogP contribution is 2.39. The maximum atomic E-state index is 5.37. The summed E-state index contributed by atoms with van der Waals surface area (Å²) < 4.78 is 11.6. The van der Waals surface area contributed by atoms with Crippen LogP contribution in [0.4, 0.5) is 0 Å². The van der Waals surface area contributed by atoms with Crippen molar-refractivity contribution in [1.82, 2.24) is 10.6 Å². The molecular weight excluding hydrogens is 310 g/mol. The SMILES string of the molecule is C#CCNC(=NC)NCc1cc(Br)c2c(c1)OCO2. The topological polar surface area (TPSA) is 54.9 Å². The number of hydrogen-bond donors (Lipinski definition) is 2. The van der Waals surface area contributed by atoms with Gasteiger partial charge >= 0.3 is 0 Å². The Balaban J connectivity index is 2.00. The molecule has 0 aliphatic carbocycles. The van der Waals surface area contributed by atoms with Gasteiger partial charge in [-0.25, -0.2) is 0 Å². The van der Waals surface area contributed by atoms with E-state index in [2.05, 4.69) is 37.5 Å². The van der Waals surface area contributed by atoms with Gasteiger partial charge in [-0.2, -0.15) is 0 Å². The quantitative estimate of drug-likeness (QED) is 0.502. The molecule has 5 nitrogen and oxygen atoms in total. The van der Waals surface area contributed by atoms with Gasteiger partial charge in [0.25, 0.3) is 0 Å². The number of nitrogens with one attached hydrogen (secondary N) is 2. The first-order valence-corrected chi connectivity index (χ1v) is 6.50. The molecule has 1 aromatic rings. The highest BCUT2D eigenvalue weighted by molar-refractivity contribution is 9.10. The Morgan fingerprint density at radius 3 is 3.05 bits per heavy atom. The lowest BCUT2D eigenvalue weighted by Gasteiger charge is -2.11. The standard InChI is InChI=1S/C13H14BrN3O2/c1-3-4-16-13(15-2)17-7-9-5-10(14)12-11(6-9)18-8-19-12/h1,5-6H,4,7-8H2,2H3,(H2,15,16,17). The number of ether oxygens (including phenoxy) is 2. The van der Waals surface area contributed by atoms with E-state index in [9.17, 15) is 0 Å². The molecule has 0 aromatic heterocycles. The highest BCUT2D eigenvalue weighted by atomic mass is 79.9. The van der Waals surface area contributed by atoms with Crippen LogP contribution < -0.4 is 20.1 Å². The van der Waals surface area contributed by atoms with Crippen molar-refractivity contribution in [3.63, 3.8) is 0 Å². The van der Waals surface area contributed by atoms with Crippen molar-refractivity contribution in [1.29, 1.82) is 0 Å². The van der Waals surface area contributed by atoms with E-state index < -0.39 is 0 Å². The molecule has 0 atom stereocenters. The van der Waals surface area contributed by atoms with Crippen molar-refractivity contribution in [2.45, 2.75) is 6.54 Å². The zero-order valence-electron chi connectivity index (χ0n) is 10.5. The number of aliphatic imine (C=N–C) groups is 1. The number of nitrogens with zero attached hydrogens (tertiary/aromatic N) is 1. The van der Waals surface area contributed by atoms with E-state index in [1.807, 2.05) is 12.1 Å². The van der Waals surface area contributed by atoms with E-state index in [0.717, 1.165) is 21.5 Å². The second kappa shape index (κ2) is 6.34. The summed E-state index contributed by atoms with van der Waals surface area (Å²) in [6, 6.07) is 3.92. The molecule has 2 rings (SSSR count). The third-order valence-electron chi connectivity index (χ3n) is 2.53. The normalized spacial score (nSPS) is 13.0. The Labute approximate surface area is 120 Å². The molecule has 0 unspecified atom stereocenters. The van der Waals surface area contributed by atoms with Gasteiger partial charge in [-0.15, -0.1) is 6.42 Å². The molecule has 0 spiro atoms. The molecule has 19 heavy (non-hydrogen) atoms. The molecule has 100 valence electrons. The van der Waals surface area contributed by atoms with Gasteiger partial charge in [0, 0.05) is 13.6 Å². The number of hydrogen-bond acceptors (Lipinski definition) is 3. The van der Waals surface area contributed by atoms with Crippen molar-refractivity contribution in [3.05, 3.63) is 22.2 Å². The molecule has 0 bridgehead atoms. The summed E-state index contributed by atoms with van der Waals surface area (Å²) in [6.07, 6.45) is 5.19. The number of rotatable bonds is 3. The van der Waals surface area contributed by atoms with Gasteiger partial charge in [-0.05, 0) is 33.6 Å². The van der Waals surface area contributed by atoms with Crippen LogP contribution in [-0.4, -0.2) is 26.3 Å². The average Bonchev–Trinajstić information content (AvgIpc) is 2.88. The number of halogens is 1. The lowest BCUT2D eigenvalue weighted by molar-refractivity contribution is 0.173. The van der Waals surface area contributed by atoms with Gasteiger partial charge in [-0.1, -0.05) is 5.92 Å². The fourth-order valence-electron chi connectivity index (χ4n) is 1.66. The molecule has 2 N–H and O–H groups in total. The number of fused-ring (bicyclic) bond motifs is 1. The Bertz CT molecular complexity index is 537. The Kier molecular flexibility index (Phi) is 4.53. The smallest absolute Gasteiger partial charge is 0.231 e. The zero-order valence-corrected chi connectivity index (χ0v) is 12.1. The second-order valence-corrected chi connectivity index (χ2v) is 4.65. The summed E-state index contributed by atoms with van der Waals surface area (Å²) in [6.45, 7) is 1.31. The first kappa shape index (κ1) is 13.6. The minimum Gasteiger partial charge on any atom is -0.454 e. The van der Waals surface area contributed by atoms with Crippen molar-refractivity contribution in [3.8, 4) is 23.8 Å². The van der Waals surface area contributed by atoms with Crippen LogP contribution in [0, 0.1) is 12.3 Å². The monoisotopic (exact) mass is 323 g/mol. The van der Waals surface area contributed by atoms with Crippen molar-refractivity contribution >= 4 is 21.9 Å². The number of benzene rings is 1. The van der Waals surface area contributed by atoms with E-state index in [4.69, 9.17) is 15.9 Å². The molecule has 1 aliphatic rings. The lowest BCUT2D eigenvalue weighted by atomic mass is 10.2. The maximum absolute atomic E-state index is 5.37. The summed E-state index contributed by atoms with van der Waals surface area (Å²) >= 11 is 3.46. The van der Waals surface area contributed by atoms with Crippen molar-refractivity contribution in [2.75, 3.05) is 20.4 Å². The van der Waals surface area contributed by atoms with Crippen LogP contribution in [-0.2, 0) is 6.54 Å². The summed E-state index contributed by atoms with van der Waals surface area (Å²) in [5.74, 6) is 4.65. The van der Waals surface area contributed by atoms with E-state index in [-0.39, 0.29) is 6.79 Å². The molecular formula is C13H14BrN3O2. The first-order chi connectivity index (χ1) is 9.24. The van der Waals surface area contributed by atoms with Gasteiger partial charge < -0.3 is 20.1 Å². The third-order valence-corrected chi connectivity index (χ3v) is 3.12. The molecule has 1 heterocycles. The first-order valence-electron chi connectivity index (χ1n) is 5.70. The van der Waals surface area contributed by atoms with Crippen LogP contribution in [0.5, 0.6) is 11.5 Å². The van der Waals surface area contributed by atoms with E-state index >= 15 is 0 Å². The fourth-order valence-corrected chi connectivity index (χ4v) is 2.27. The number of terminal acetylenes is 1. The largest absolute Gasteiger partial charge is 0.454 e. The minimum atomic E-state index is 0.260. The lowest BCUT2D eigenvalue weighted by Crippen LogP contribution is -2.36. The maximum Gasteiger partial charge on any atom is 0.231 e. The fraction of sp³-hybridized carbons (Fsp3) is 0.308. The molecule has 1 aromatic carbocycles. The Morgan fingerprint density at radius 1 is 1.47 bits per heavy atom. The van der Waals surface area contributed by atoms with Crippen LogP contribution in [0.15, 0.2) is 21.6 Å². The van der Waals surface area contributed by atoms with Gasteiger partial charge in [0.05, 0.1) is 11.0 Å². The molecule has 0 radical (unpaired) electrons. The van der Waals surface area contributed by atoms with Gasteiger partial charge in [-0.3, -0.25) is 4.99 Å². The summed E-state index contributed by atoms with van der Waals surface area (Å²) in [5, 5.41) is 6.16. The average molecular weight is 324 g/mol. The molecule has 0 saturated carbocycles. The molecule has 1 aliphatic heterocycles. The van der Waals surface area contributed by atoms with Crippen LogP contribution in [0.1, 0.15) is 5.56 Å². The highest BCUT2D eigenvalue weighted by Gasteiger charge is 2.17. The van der Waals surface area contributed by atoms with E-state index in [1.165, 1.54) is 0 Å². The predicted octanol–water partition coefficient (Wildman–Crippen LogP) is 1.48. The second-order valence-electron chi connectivity index (χ2n) is 3.79. The van der Waals surface area contributed by atoms with Crippen LogP contribution in [0.3, 0.4) is 0 Å². The van der Waals surface area contributed by atoms with Crippen LogP contribution >= 0.6 is 15.9 Å². The Morgan fingerprint density at radius 2 is 2.32 bits per heavy atom.